The highest BCUT2D eigenvalue weighted by Crippen LogP contribution is 2.46. The Kier molecular flexibility index (Phi) is 6.29. The van der Waals surface area contributed by atoms with Gasteiger partial charge in [-0.3, -0.25) is 14.6 Å². The first-order chi connectivity index (χ1) is 13.8. The Morgan fingerprint density at radius 2 is 2.07 bits per heavy atom. The van der Waals surface area contributed by atoms with Gasteiger partial charge in [0.15, 0.2) is 0 Å². The lowest BCUT2D eigenvalue weighted by Gasteiger charge is -2.44. The number of carbonyl (C=O) groups is 2. The molecule has 29 heavy (non-hydrogen) atoms. The fraction of sp³-hybridized carbons (Fsp3) is 0.476. The number of fused-ring (bicyclic) bond motifs is 1. The maximum absolute atomic E-state index is 12.2. The molecule has 156 valence electrons. The molecule has 0 radical (unpaired) electrons. The number of benzene rings is 1. The lowest BCUT2D eigenvalue weighted by atomic mass is 9.73. The summed E-state index contributed by atoms with van der Waals surface area (Å²) >= 11 is 6.26. The van der Waals surface area contributed by atoms with Gasteiger partial charge in [0.1, 0.15) is 5.41 Å². The van der Waals surface area contributed by atoms with Gasteiger partial charge in [-0.25, -0.2) is 0 Å². The van der Waals surface area contributed by atoms with Crippen LogP contribution in [0.3, 0.4) is 0 Å². The molecule has 0 spiro atoms. The second-order valence-electron chi connectivity index (χ2n) is 7.89. The van der Waals surface area contributed by atoms with E-state index < -0.39 is 17.5 Å². The van der Waals surface area contributed by atoms with Crippen LogP contribution in [0.25, 0.3) is 10.9 Å². The largest absolute Gasteiger partial charge is 0.483 e. The van der Waals surface area contributed by atoms with E-state index in [1.165, 1.54) is 0 Å². The van der Waals surface area contributed by atoms with Crippen molar-refractivity contribution in [3.63, 3.8) is 0 Å². The molecule has 0 unspecified atom stereocenters. The smallest absolute Gasteiger partial charge is 0.314 e. The van der Waals surface area contributed by atoms with Crippen LogP contribution in [0.2, 0.25) is 5.02 Å². The van der Waals surface area contributed by atoms with Gasteiger partial charge in [-0.15, -0.1) is 0 Å². The first kappa shape index (κ1) is 21.3. The lowest BCUT2D eigenvalue weighted by Crippen LogP contribution is -2.56. The number of aliphatic carboxylic acids is 1. The van der Waals surface area contributed by atoms with E-state index in [4.69, 9.17) is 21.5 Å². The third-order valence-corrected chi connectivity index (χ3v) is 6.10. The molecule has 2 aliphatic rings. The van der Waals surface area contributed by atoms with E-state index in [1.54, 1.807) is 6.20 Å². The molecular formula is C21H25ClN2O5. The van der Waals surface area contributed by atoms with Crippen molar-refractivity contribution in [3.05, 3.63) is 35.0 Å². The fourth-order valence-electron chi connectivity index (χ4n) is 4.27. The van der Waals surface area contributed by atoms with Crippen LogP contribution in [0.5, 0.6) is 0 Å². The number of carboxylic acid groups (broad SMARTS) is 2. The molecule has 1 saturated carbocycles. The number of hydrogen-bond donors (Lipinski definition) is 3. The van der Waals surface area contributed by atoms with Crippen molar-refractivity contribution in [2.75, 3.05) is 18.0 Å². The molecule has 1 aliphatic carbocycles. The van der Waals surface area contributed by atoms with Gasteiger partial charge in [-0.05, 0) is 49.4 Å². The summed E-state index contributed by atoms with van der Waals surface area (Å²) in [6.45, 7) is 2.65. The van der Waals surface area contributed by atoms with Crippen LogP contribution in [0.1, 0.15) is 31.2 Å². The maximum atomic E-state index is 12.2. The molecule has 2 heterocycles. The Hall–Kier alpha value is -2.38. The predicted molar refractivity (Wildman–Crippen MR) is 110 cm³/mol. The lowest BCUT2D eigenvalue weighted by molar-refractivity contribution is -0.158. The summed E-state index contributed by atoms with van der Waals surface area (Å²) in [5, 5.41) is 29.0. The third kappa shape index (κ3) is 4.31. The van der Waals surface area contributed by atoms with Gasteiger partial charge in [-0.1, -0.05) is 24.4 Å². The van der Waals surface area contributed by atoms with Crippen molar-refractivity contribution >= 4 is 40.6 Å². The molecule has 3 N–H and O–H groups in total. The molecule has 2 aromatic rings. The quantitative estimate of drug-likeness (QED) is 0.650. The van der Waals surface area contributed by atoms with Gasteiger partial charge in [0.2, 0.25) is 0 Å². The van der Waals surface area contributed by atoms with Crippen molar-refractivity contribution in [1.82, 2.24) is 4.98 Å². The van der Waals surface area contributed by atoms with Crippen LogP contribution in [0.4, 0.5) is 5.69 Å². The van der Waals surface area contributed by atoms with Crippen molar-refractivity contribution < 1.29 is 24.9 Å². The van der Waals surface area contributed by atoms with E-state index in [-0.39, 0.29) is 6.47 Å². The Labute approximate surface area is 173 Å². The van der Waals surface area contributed by atoms with Crippen molar-refractivity contribution in [2.45, 2.75) is 38.7 Å². The summed E-state index contributed by atoms with van der Waals surface area (Å²) in [6, 6.07) is 5.69. The third-order valence-electron chi connectivity index (χ3n) is 5.88. The fourth-order valence-corrected chi connectivity index (χ4v) is 4.54. The Balaban J connectivity index is 0.000000755. The Morgan fingerprint density at radius 1 is 1.38 bits per heavy atom. The minimum Gasteiger partial charge on any atom is -0.483 e. The Morgan fingerprint density at radius 3 is 2.69 bits per heavy atom. The summed E-state index contributed by atoms with van der Waals surface area (Å²) in [4.78, 5) is 27.1. The summed E-state index contributed by atoms with van der Waals surface area (Å²) in [5.41, 5.74) is 1.70. The molecule has 1 aliphatic heterocycles. The molecule has 0 bridgehead atoms. The molecular weight excluding hydrogens is 396 g/mol. The standard InChI is InChI=1S/C20H23ClN2O3.CH2O2/c1-12-8-14(21)9-15-16(4-6-22-18(12)15)23-7-5-17(24)20(11-23,19(25)26)10-13-2-3-13;2-1-3/h4,6,8-9,13,17,24H,2-3,5,7,10-11H2,1H3,(H,25,26);1H,(H,2,3)/t17-,20-;/m0./s1. The first-order valence-electron chi connectivity index (χ1n) is 9.61. The first-order valence-corrected chi connectivity index (χ1v) is 9.99. The van der Waals surface area contributed by atoms with Gasteiger partial charge in [0, 0.05) is 35.4 Å². The minimum absolute atomic E-state index is 0.250. The van der Waals surface area contributed by atoms with E-state index in [0.29, 0.717) is 36.9 Å². The summed E-state index contributed by atoms with van der Waals surface area (Å²) in [5.74, 6) is -0.472. The highest BCUT2D eigenvalue weighted by molar-refractivity contribution is 6.31. The number of piperidine rings is 1. The number of nitrogens with zero attached hydrogens (tertiary/aromatic N) is 2. The topological polar surface area (TPSA) is 111 Å². The highest BCUT2D eigenvalue weighted by Gasteiger charge is 2.51. The number of aliphatic hydroxyl groups excluding tert-OH is 1. The van der Waals surface area contributed by atoms with Gasteiger partial charge < -0.3 is 20.2 Å². The molecule has 4 rings (SSSR count). The monoisotopic (exact) mass is 420 g/mol. The molecule has 1 saturated heterocycles. The van der Waals surface area contributed by atoms with Gasteiger partial charge in [0.25, 0.3) is 6.47 Å². The number of anilines is 1. The number of aliphatic hydroxyl groups is 1. The van der Waals surface area contributed by atoms with E-state index in [9.17, 15) is 15.0 Å². The van der Waals surface area contributed by atoms with E-state index >= 15 is 0 Å². The van der Waals surface area contributed by atoms with Crippen molar-refractivity contribution in [3.8, 4) is 0 Å². The number of aryl methyl sites for hydroxylation is 1. The van der Waals surface area contributed by atoms with E-state index in [2.05, 4.69) is 9.88 Å². The Bertz CT molecular complexity index is 917. The molecule has 2 atom stereocenters. The summed E-state index contributed by atoms with van der Waals surface area (Å²) < 4.78 is 0. The number of halogens is 1. The van der Waals surface area contributed by atoms with Crippen LogP contribution in [-0.2, 0) is 9.59 Å². The molecule has 1 aromatic carbocycles. The zero-order valence-corrected chi connectivity index (χ0v) is 17.0. The average molecular weight is 421 g/mol. The van der Waals surface area contributed by atoms with Crippen LogP contribution in [-0.4, -0.2) is 51.9 Å². The van der Waals surface area contributed by atoms with Crippen LogP contribution < -0.4 is 4.90 Å². The normalized spacial score (nSPS) is 24.0. The molecule has 1 aromatic heterocycles. The zero-order valence-electron chi connectivity index (χ0n) is 16.2. The van der Waals surface area contributed by atoms with Crippen LogP contribution >= 0.6 is 11.6 Å². The summed E-state index contributed by atoms with van der Waals surface area (Å²) in [6.07, 6.45) is 4.07. The molecule has 7 nitrogen and oxygen atoms in total. The minimum atomic E-state index is -1.11. The van der Waals surface area contributed by atoms with Gasteiger partial charge in [-0.2, -0.15) is 0 Å². The van der Waals surface area contributed by atoms with Crippen LogP contribution in [0, 0.1) is 18.3 Å². The zero-order chi connectivity index (χ0) is 21.2. The number of hydrogen-bond acceptors (Lipinski definition) is 5. The predicted octanol–water partition coefficient (Wildman–Crippen LogP) is 3.34. The van der Waals surface area contributed by atoms with Crippen LogP contribution in [0.15, 0.2) is 24.4 Å². The second kappa shape index (κ2) is 8.55. The molecule has 8 heteroatoms. The summed E-state index contributed by atoms with van der Waals surface area (Å²) in [7, 11) is 0. The maximum Gasteiger partial charge on any atom is 0.314 e. The second-order valence-corrected chi connectivity index (χ2v) is 8.33. The number of rotatable bonds is 4. The van der Waals surface area contributed by atoms with Crippen molar-refractivity contribution in [1.29, 1.82) is 0 Å². The number of carboxylic acids is 1. The molecule has 0 amide bonds. The highest BCUT2D eigenvalue weighted by atomic mass is 35.5. The van der Waals surface area contributed by atoms with E-state index in [0.717, 1.165) is 35.0 Å². The average Bonchev–Trinajstić information content (AvgIpc) is 3.47. The molecule has 2 fully saturated rings. The van der Waals surface area contributed by atoms with E-state index in [1.807, 2.05) is 25.1 Å². The van der Waals surface area contributed by atoms with Crippen molar-refractivity contribution in [2.24, 2.45) is 11.3 Å². The van der Waals surface area contributed by atoms with Gasteiger partial charge >= 0.3 is 5.97 Å². The number of pyridine rings is 1. The number of aromatic nitrogens is 1. The van der Waals surface area contributed by atoms with Gasteiger partial charge in [0.05, 0.1) is 11.6 Å². The SMILES string of the molecule is Cc1cc(Cl)cc2c(N3CC[C@H](O)[C@@](CC4CC4)(C(=O)O)C3)ccnc12.O=CO.